The standard InChI is InChI=1S/C24H21N7O/c1-14-19-8-17(3-6-22(19)29-28-14)18-4-5-21(26)23-20(18)13-31(24(23)32)12-15(9-25)7-16-10-27-30(2)11-16/h3-8,10-11H,12-13,26H2,1-2H3,(H,28,29)/b15-7+. The summed E-state index contributed by atoms with van der Waals surface area (Å²) in [5.41, 5.74) is 13.2. The van der Waals surface area contributed by atoms with E-state index in [-0.39, 0.29) is 12.5 Å². The maximum atomic E-state index is 13.2. The van der Waals surface area contributed by atoms with Crippen LogP contribution in [-0.4, -0.2) is 37.3 Å². The minimum absolute atomic E-state index is 0.160. The molecule has 0 spiro atoms. The first kappa shape index (κ1) is 19.6. The maximum absolute atomic E-state index is 13.2. The van der Waals surface area contributed by atoms with Gasteiger partial charge in [-0.1, -0.05) is 12.1 Å². The van der Waals surface area contributed by atoms with E-state index in [2.05, 4.69) is 27.4 Å². The number of amides is 1. The summed E-state index contributed by atoms with van der Waals surface area (Å²) in [5, 5.41) is 22.1. The Balaban J connectivity index is 1.51. The molecule has 3 N–H and O–H groups in total. The zero-order valence-electron chi connectivity index (χ0n) is 17.8. The smallest absolute Gasteiger partial charge is 0.256 e. The maximum Gasteiger partial charge on any atom is 0.256 e. The molecule has 1 aliphatic rings. The van der Waals surface area contributed by atoms with Crippen LogP contribution in [0.3, 0.4) is 0 Å². The van der Waals surface area contributed by atoms with Crippen LogP contribution in [0, 0.1) is 18.3 Å². The van der Waals surface area contributed by atoms with E-state index in [1.165, 1.54) is 0 Å². The summed E-state index contributed by atoms with van der Waals surface area (Å²) in [6.07, 6.45) is 5.26. The third-order valence-electron chi connectivity index (χ3n) is 5.83. The van der Waals surface area contributed by atoms with E-state index >= 15 is 0 Å². The van der Waals surface area contributed by atoms with Gasteiger partial charge in [-0.25, -0.2) is 0 Å². The molecule has 0 fully saturated rings. The van der Waals surface area contributed by atoms with Crippen LogP contribution < -0.4 is 5.73 Å². The molecule has 8 nitrogen and oxygen atoms in total. The van der Waals surface area contributed by atoms with Gasteiger partial charge in [-0.3, -0.25) is 14.6 Å². The molecule has 0 saturated carbocycles. The van der Waals surface area contributed by atoms with Gasteiger partial charge in [0.2, 0.25) is 0 Å². The molecule has 5 rings (SSSR count). The number of anilines is 1. The SMILES string of the molecule is Cc1n[nH]c2ccc(-c3ccc(N)c4c3CN(C/C(C#N)=C/c3cnn(C)c3)C4=O)cc12. The van der Waals surface area contributed by atoms with Crippen LogP contribution in [-0.2, 0) is 13.6 Å². The van der Waals surface area contributed by atoms with Gasteiger partial charge >= 0.3 is 0 Å². The molecule has 0 aliphatic carbocycles. The summed E-state index contributed by atoms with van der Waals surface area (Å²) in [5.74, 6) is -0.160. The van der Waals surface area contributed by atoms with Crippen molar-refractivity contribution in [1.29, 1.82) is 5.26 Å². The zero-order chi connectivity index (χ0) is 22.4. The van der Waals surface area contributed by atoms with Crippen molar-refractivity contribution in [3.05, 3.63) is 70.7 Å². The van der Waals surface area contributed by atoms with Crippen LogP contribution in [0.1, 0.15) is 27.2 Å². The number of aromatic nitrogens is 4. The van der Waals surface area contributed by atoms with Gasteiger partial charge in [0.1, 0.15) is 0 Å². The van der Waals surface area contributed by atoms with Crippen molar-refractivity contribution >= 4 is 28.6 Å². The van der Waals surface area contributed by atoms with E-state index in [0.717, 1.165) is 38.9 Å². The highest BCUT2D eigenvalue weighted by Crippen LogP contribution is 2.37. The largest absolute Gasteiger partial charge is 0.398 e. The fourth-order valence-electron chi connectivity index (χ4n) is 4.25. The lowest BCUT2D eigenvalue weighted by Gasteiger charge is -2.15. The van der Waals surface area contributed by atoms with Gasteiger partial charge < -0.3 is 10.6 Å². The first-order chi connectivity index (χ1) is 15.4. The lowest BCUT2D eigenvalue weighted by molar-refractivity contribution is 0.0795. The second-order valence-corrected chi connectivity index (χ2v) is 8.02. The second-order valence-electron chi connectivity index (χ2n) is 8.02. The number of benzene rings is 2. The Bertz CT molecular complexity index is 1450. The van der Waals surface area contributed by atoms with E-state index in [1.807, 2.05) is 38.4 Å². The normalized spacial score (nSPS) is 13.6. The number of carbonyl (C=O) groups excluding carboxylic acids is 1. The number of hydrogen-bond acceptors (Lipinski definition) is 5. The van der Waals surface area contributed by atoms with Crippen molar-refractivity contribution in [2.45, 2.75) is 13.5 Å². The first-order valence-corrected chi connectivity index (χ1v) is 10.2. The molecule has 0 radical (unpaired) electrons. The van der Waals surface area contributed by atoms with Gasteiger partial charge in [-0.15, -0.1) is 0 Å². The summed E-state index contributed by atoms with van der Waals surface area (Å²) in [7, 11) is 1.82. The van der Waals surface area contributed by atoms with Gasteiger partial charge in [0.05, 0.1) is 35.6 Å². The van der Waals surface area contributed by atoms with Crippen molar-refractivity contribution < 1.29 is 4.79 Å². The average molecular weight is 423 g/mol. The highest BCUT2D eigenvalue weighted by Gasteiger charge is 2.32. The number of nitrogens with two attached hydrogens (primary N) is 1. The summed E-state index contributed by atoms with van der Waals surface area (Å²) in [4.78, 5) is 14.9. The number of carbonyl (C=O) groups is 1. The van der Waals surface area contributed by atoms with Gasteiger partial charge in [-0.2, -0.15) is 15.5 Å². The Morgan fingerprint density at radius 1 is 1.34 bits per heavy atom. The van der Waals surface area contributed by atoms with E-state index in [1.54, 1.807) is 27.9 Å². The van der Waals surface area contributed by atoms with Gasteiger partial charge in [0.15, 0.2) is 0 Å². The van der Waals surface area contributed by atoms with Crippen LogP contribution in [0.25, 0.3) is 28.1 Å². The molecule has 158 valence electrons. The molecule has 2 aromatic carbocycles. The minimum atomic E-state index is -0.160. The fraction of sp³-hybridized carbons (Fsp3) is 0.167. The fourth-order valence-corrected chi connectivity index (χ4v) is 4.25. The van der Waals surface area contributed by atoms with Crippen molar-refractivity contribution in [2.24, 2.45) is 7.05 Å². The Morgan fingerprint density at radius 3 is 2.94 bits per heavy atom. The van der Waals surface area contributed by atoms with Gasteiger partial charge in [0, 0.05) is 42.0 Å². The summed E-state index contributed by atoms with van der Waals surface area (Å²) >= 11 is 0. The first-order valence-electron chi connectivity index (χ1n) is 10.2. The number of rotatable bonds is 4. The van der Waals surface area contributed by atoms with Crippen LogP contribution in [0.2, 0.25) is 0 Å². The summed E-state index contributed by atoms with van der Waals surface area (Å²) < 4.78 is 1.67. The molecule has 32 heavy (non-hydrogen) atoms. The molecule has 0 saturated heterocycles. The van der Waals surface area contributed by atoms with E-state index in [4.69, 9.17) is 5.73 Å². The summed E-state index contributed by atoms with van der Waals surface area (Å²) in [6.45, 7) is 2.56. The highest BCUT2D eigenvalue weighted by atomic mass is 16.2. The van der Waals surface area contributed by atoms with E-state index in [0.29, 0.717) is 23.4 Å². The lowest BCUT2D eigenvalue weighted by Crippen LogP contribution is -2.26. The third-order valence-corrected chi connectivity index (χ3v) is 5.83. The van der Waals surface area contributed by atoms with Crippen molar-refractivity contribution in [3.63, 3.8) is 0 Å². The lowest BCUT2D eigenvalue weighted by atomic mass is 9.95. The minimum Gasteiger partial charge on any atom is -0.398 e. The monoisotopic (exact) mass is 423 g/mol. The van der Waals surface area contributed by atoms with Crippen LogP contribution >= 0.6 is 0 Å². The topological polar surface area (TPSA) is 117 Å². The van der Waals surface area contributed by atoms with Crippen molar-refractivity contribution in [3.8, 4) is 17.2 Å². The molecular weight excluding hydrogens is 402 g/mol. The second kappa shape index (κ2) is 7.39. The highest BCUT2D eigenvalue weighted by molar-refractivity contribution is 6.05. The molecular formula is C24H21N7O. The Labute approximate surface area is 184 Å². The zero-order valence-corrected chi connectivity index (χ0v) is 17.8. The number of aromatic amines is 1. The van der Waals surface area contributed by atoms with Crippen LogP contribution in [0.15, 0.2) is 48.3 Å². The van der Waals surface area contributed by atoms with Crippen molar-refractivity contribution in [2.75, 3.05) is 12.3 Å². The van der Waals surface area contributed by atoms with Crippen LogP contribution in [0.5, 0.6) is 0 Å². The van der Waals surface area contributed by atoms with E-state index in [9.17, 15) is 10.1 Å². The average Bonchev–Trinajstić information content (AvgIpc) is 3.46. The molecule has 3 heterocycles. The number of nitrogens with zero attached hydrogens (tertiary/aromatic N) is 5. The Hall–Kier alpha value is -4.38. The molecule has 0 atom stereocenters. The molecule has 0 unspecified atom stereocenters. The number of nitrogen functional groups attached to an aromatic ring is 1. The number of H-pyrrole nitrogens is 1. The van der Waals surface area contributed by atoms with Gasteiger partial charge in [0.25, 0.3) is 5.91 Å². The molecule has 1 amide bonds. The number of nitriles is 1. The van der Waals surface area contributed by atoms with Gasteiger partial charge in [-0.05, 0) is 47.9 Å². The quantitative estimate of drug-likeness (QED) is 0.385. The number of nitrogens with one attached hydrogen (secondary N) is 1. The number of hydrogen-bond donors (Lipinski definition) is 2. The van der Waals surface area contributed by atoms with Crippen molar-refractivity contribution in [1.82, 2.24) is 24.9 Å². The molecule has 0 bridgehead atoms. The number of aryl methyl sites for hydroxylation is 2. The summed E-state index contributed by atoms with van der Waals surface area (Å²) in [6, 6.07) is 12.0. The predicted octanol–water partition coefficient (Wildman–Crippen LogP) is 3.42. The third kappa shape index (κ3) is 3.20. The molecule has 2 aromatic heterocycles. The molecule has 4 aromatic rings. The Morgan fingerprint density at radius 2 is 2.19 bits per heavy atom. The predicted molar refractivity (Wildman–Crippen MR) is 122 cm³/mol. The van der Waals surface area contributed by atoms with E-state index < -0.39 is 0 Å². The number of fused-ring (bicyclic) bond motifs is 2. The molecule has 8 heteroatoms. The Kier molecular flexibility index (Phi) is 4.52. The van der Waals surface area contributed by atoms with Crippen LogP contribution in [0.4, 0.5) is 5.69 Å². The molecule has 1 aliphatic heterocycles.